The highest BCUT2D eigenvalue weighted by Crippen LogP contribution is 2.30. The Balaban J connectivity index is 1.97. The molecule has 1 aromatic heterocycles. The third-order valence-electron chi connectivity index (χ3n) is 3.46. The van der Waals surface area contributed by atoms with Crippen LogP contribution in [0.5, 0.6) is 0 Å². The normalized spacial score (nSPS) is 16.1. The second kappa shape index (κ2) is 5.60. The maximum Gasteiger partial charge on any atom is 0.339 e. The van der Waals surface area contributed by atoms with Gasteiger partial charge < -0.3 is 4.74 Å². The Morgan fingerprint density at radius 3 is 2.68 bits per heavy atom. The number of hydrogen-bond acceptors (Lipinski definition) is 5. The van der Waals surface area contributed by atoms with Crippen molar-refractivity contribution in [1.29, 1.82) is 0 Å². The molecule has 1 aromatic rings. The summed E-state index contributed by atoms with van der Waals surface area (Å²) in [7, 11) is -3.76. The summed E-state index contributed by atoms with van der Waals surface area (Å²) in [5.41, 5.74) is 0.670. The van der Waals surface area contributed by atoms with Gasteiger partial charge >= 0.3 is 5.97 Å². The van der Waals surface area contributed by atoms with Crippen LogP contribution in [0.2, 0.25) is 0 Å². The molecule has 0 spiro atoms. The van der Waals surface area contributed by atoms with Gasteiger partial charge in [0.1, 0.15) is 4.21 Å². The van der Waals surface area contributed by atoms with Gasteiger partial charge in [-0.1, -0.05) is 19.3 Å². The van der Waals surface area contributed by atoms with Crippen molar-refractivity contribution in [2.75, 3.05) is 6.61 Å². The molecular weight excluding hydrogens is 286 g/mol. The van der Waals surface area contributed by atoms with Crippen LogP contribution in [-0.2, 0) is 14.8 Å². The fraction of sp³-hybridized carbons (Fsp3) is 0.583. The van der Waals surface area contributed by atoms with Crippen molar-refractivity contribution < 1.29 is 17.9 Å². The van der Waals surface area contributed by atoms with E-state index in [-0.39, 0.29) is 4.21 Å². The first kappa shape index (κ1) is 14.5. The van der Waals surface area contributed by atoms with E-state index in [1.807, 2.05) is 0 Å². The largest absolute Gasteiger partial charge is 0.462 e. The Morgan fingerprint density at radius 1 is 1.53 bits per heavy atom. The van der Waals surface area contributed by atoms with Gasteiger partial charge in [0.25, 0.3) is 0 Å². The number of carbonyl (C=O) groups excluding carboxylic acids is 1. The van der Waals surface area contributed by atoms with Crippen LogP contribution in [0.25, 0.3) is 0 Å². The molecule has 106 valence electrons. The molecular formula is C12H17NO4S2. The summed E-state index contributed by atoms with van der Waals surface area (Å²) in [6.45, 7) is 1.96. The zero-order valence-corrected chi connectivity index (χ0v) is 12.4. The van der Waals surface area contributed by atoms with Crippen LogP contribution in [-0.4, -0.2) is 21.0 Å². The quantitative estimate of drug-likeness (QED) is 0.843. The maximum atomic E-state index is 11.8. The zero-order valence-electron chi connectivity index (χ0n) is 10.7. The van der Waals surface area contributed by atoms with Crippen molar-refractivity contribution in [2.24, 2.45) is 11.1 Å². The topological polar surface area (TPSA) is 86.5 Å². The van der Waals surface area contributed by atoms with E-state index in [1.54, 1.807) is 6.92 Å². The van der Waals surface area contributed by atoms with Gasteiger partial charge in [-0.2, -0.15) is 0 Å². The lowest BCUT2D eigenvalue weighted by Gasteiger charge is -2.24. The van der Waals surface area contributed by atoms with Gasteiger partial charge in [0.2, 0.25) is 10.0 Å². The molecule has 1 aliphatic carbocycles. The number of hydrogen-bond donors (Lipinski definition) is 1. The minimum Gasteiger partial charge on any atom is -0.462 e. The molecule has 0 saturated heterocycles. The summed E-state index contributed by atoms with van der Waals surface area (Å²) in [6.07, 6.45) is 4.58. The van der Waals surface area contributed by atoms with Crippen molar-refractivity contribution in [3.63, 3.8) is 0 Å². The van der Waals surface area contributed by atoms with Crippen LogP contribution in [0.1, 0.15) is 41.6 Å². The summed E-state index contributed by atoms with van der Waals surface area (Å²) < 4.78 is 27.8. The fourth-order valence-corrected chi connectivity index (χ4v) is 4.06. The Hall–Kier alpha value is -0.920. The van der Waals surface area contributed by atoms with E-state index in [2.05, 4.69) is 0 Å². The molecule has 0 amide bonds. The molecule has 0 aromatic carbocycles. The summed E-state index contributed by atoms with van der Waals surface area (Å²) >= 11 is 0.953. The summed E-state index contributed by atoms with van der Waals surface area (Å²) in [5.74, 6) is 0.208. The molecule has 5 nitrogen and oxygen atoms in total. The third kappa shape index (κ3) is 3.34. The van der Waals surface area contributed by atoms with Gasteiger partial charge in [-0.15, -0.1) is 11.3 Å². The van der Waals surface area contributed by atoms with Gasteiger partial charge in [0, 0.05) is 5.38 Å². The number of primary sulfonamides is 1. The predicted molar refractivity (Wildman–Crippen MR) is 72.7 cm³/mol. The number of nitrogens with two attached hydrogens (primary N) is 1. The van der Waals surface area contributed by atoms with Gasteiger partial charge in [-0.3, -0.25) is 0 Å². The van der Waals surface area contributed by atoms with E-state index in [9.17, 15) is 13.2 Å². The van der Waals surface area contributed by atoms with Gasteiger partial charge in [0.15, 0.2) is 0 Å². The Kier molecular flexibility index (Phi) is 4.27. The molecule has 0 bridgehead atoms. The summed E-state index contributed by atoms with van der Waals surface area (Å²) in [5, 5.41) is 6.55. The van der Waals surface area contributed by atoms with E-state index >= 15 is 0 Å². The molecule has 0 aliphatic heterocycles. The van der Waals surface area contributed by atoms with E-state index in [0.717, 1.165) is 17.8 Å². The molecule has 1 aliphatic rings. The molecule has 0 unspecified atom stereocenters. The molecule has 1 saturated carbocycles. The van der Waals surface area contributed by atoms with Crippen molar-refractivity contribution in [1.82, 2.24) is 0 Å². The predicted octanol–water partition coefficient (Wildman–Crippen LogP) is 2.05. The first-order valence-electron chi connectivity index (χ1n) is 6.17. The number of thiophene rings is 1. The highest BCUT2D eigenvalue weighted by atomic mass is 32.2. The monoisotopic (exact) mass is 303 g/mol. The number of ether oxygens (including phenoxy) is 1. The number of carbonyl (C=O) groups is 1. The molecule has 19 heavy (non-hydrogen) atoms. The molecule has 2 rings (SSSR count). The van der Waals surface area contributed by atoms with E-state index in [0.29, 0.717) is 23.7 Å². The summed E-state index contributed by atoms with van der Waals surface area (Å²) in [4.78, 5) is 11.8. The first-order valence-corrected chi connectivity index (χ1v) is 8.60. The number of rotatable bonds is 5. The Labute approximate surface area is 116 Å². The second-order valence-electron chi connectivity index (χ2n) is 4.83. The molecule has 0 radical (unpaired) electrons. The lowest BCUT2D eigenvalue weighted by atomic mass is 9.83. The average Bonchev–Trinajstić information content (AvgIpc) is 2.63. The summed E-state index contributed by atoms with van der Waals surface area (Å²) in [6, 6.07) is 0. The van der Waals surface area contributed by atoms with E-state index in [1.165, 1.54) is 24.6 Å². The highest BCUT2D eigenvalue weighted by Gasteiger charge is 2.22. The van der Waals surface area contributed by atoms with Crippen molar-refractivity contribution in [2.45, 2.75) is 36.8 Å². The van der Waals surface area contributed by atoms with Crippen LogP contribution in [0.15, 0.2) is 9.59 Å². The van der Waals surface area contributed by atoms with Gasteiger partial charge in [0.05, 0.1) is 12.2 Å². The number of esters is 1. The van der Waals surface area contributed by atoms with Crippen LogP contribution in [0, 0.1) is 12.8 Å². The maximum absolute atomic E-state index is 11.8. The molecule has 2 N–H and O–H groups in total. The Bertz CT molecular complexity index is 573. The van der Waals surface area contributed by atoms with Crippen LogP contribution < -0.4 is 5.14 Å². The second-order valence-corrected chi connectivity index (χ2v) is 7.46. The van der Waals surface area contributed by atoms with Crippen LogP contribution in [0.4, 0.5) is 0 Å². The first-order chi connectivity index (χ1) is 8.89. The molecule has 1 heterocycles. The highest BCUT2D eigenvalue weighted by molar-refractivity contribution is 7.91. The Morgan fingerprint density at radius 2 is 2.21 bits per heavy atom. The minimum absolute atomic E-state index is 0.0263. The minimum atomic E-state index is -3.76. The average molecular weight is 303 g/mol. The van der Waals surface area contributed by atoms with Crippen LogP contribution >= 0.6 is 11.3 Å². The van der Waals surface area contributed by atoms with Gasteiger partial charge in [-0.05, 0) is 24.8 Å². The van der Waals surface area contributed by atoms with Crippen molar-refractivity contribution in [3.05, 3.63) is 16.5 Å². The van der Waals surface area contributed by atoms with Gasteiger partial charge in [-0.25, -0.2) is 18.4 Å². The third-order valence-corrected chi connectivity index (χ3v) is 6.14. The van der Waals surface area contributed by atoms with E-state index in [4.69, 9.17) is 9.88 Å². The fourth-order valence-electron chi connectivity index (χ4n) is 2.06. The molecule has 1 fully saturated rings. The van der Waals surface area contributed by atoms with Crippen molar-refractivity contribution in [3.8, 4) is 0 Å². The van der Waals surface area contributed by atoms with Crippen LogP contribution in [0.3, 0.4) is 0 Å². The number of sulfonamides is 1. The molecule has 7 heteroatoms. The SMILES string of the molecule is Cc1c(C(=O)OCCC2CCC2)csc1S(N)(=O)=O. The molecule has 0 atom stereocenters. The van der Waals surface area contributed by atoms with E-state index < -0.39 is 16.0 Å². The zero-order chi connectivity index (χ0) is 14.0. The standard InChI is InChI=1S/C12H17NO4S2/c1-8-10(7-18-12(8)19(13,15)16)11(14)17-6-5-9-3-2-4-9/h7,9H,2-6H2,1H3,(H2,13,15,16). The smallest absolute Gasteiger partial charge is 0.339 e. The lowest BCUT2D eigenvalue weighted by Crippen LogP contribution is -2.16. The van der Waals surface area contributed by atoms with Crippen molar-refractivity contribution >= 4 is 27.3 Å². The lowest BCUT2D eigenvalue weighted by molar-refractivity contribution is 0.0464.